The van der Waals surface area contributed by atoms with Gasteiger partial charge >= 0.3 is 0 Å². The minimum Gasteiger partial charge on any atom is -0.469 e. The van der Waals surface area contributed by atoms with E-state index in [1.54, 1.807) is 13.3 Å². The molecule has 0 radical (unpaired) electrons. The molecule has 6 heteroatoms. The average molecular weight is 293 g/mol. The summed E-state index contributed by atoms with van der Waals surface area (Å²) in [5, 5.41) is 6.76. The lowest BCUT2D eigenvalue weighted by molar-refractivity contribution is -0.151. The molecule has 1 saturated heterocycles. The third-order valence-corrected chi connectivity index (χ3v) is 4.05. The summed E-state index contributed by atoms with van der Waals surface area (Å²) in [7, 11) is 1.79. The van der Waals surface area contributed by atoms with Crippen molar-refractivity contribution in [3.8, 4) is 0 Å². The Balaban J connectivity index is 1.42. The van der Waals surface area contributed by atoms with Crippen LogP contribution in [0.25, 0.3) is 0 Å². The van der Waals surface area contributed by atoms with E-state index in [1.165, 1.54) is 0 Å². The van der Waals surface area contributed by atoms with Gasteiger partial charge in [-0.1, -0.05) is 0 Å². The molecule has 1 atom stereocenters. The molecule has 0 bridgehead atoms. The van der Waals surface area contributed by atoms with Gasteiger partial charge in [-0.2, -0.15) is 0 Å². The quantitative estimate of drug-likeness (QED) is 0.646. The molecule has 1 aliphatic carbocycles. The van der Waals surface area contributed by atoms with Crippen LogP contribution < -0.4 is 10.6 Å². The Bertz CT molecular complexity index is 467. The Labute approximate surface area is 124 Å². The van der Waals surface area contributed by atoms with Gasteiger partial charge < -0.3 is 24.5 Å². The lowest BCUT2D eigenvalue weighted by atomic mass is 10.2. The number of hydrogen-bond donors (Lipinski definition) is 2. The summed E-state index contributed by atoms with van der Waals surface area (Å²) < 4.78 is 16.8. The van der Waals surface area contributed by atoms with Gasteiger partial charge in [0.05, 0.1) is 19.5 Å². The maximum atomic E-state index is 5.74. The smallest absolute Gasteiger partial charge is 0.191 e. The predicted molar refractivity (Wildman–Crippen MR) is 79.2 cm³/mol. The number of nitrogens with zero attached hydrogens (tertiary/aromatic N) is 1. The minimum atomic E-state index is -0.343. The van der Waals surface area contributed by atoms with Crippen molar-refractivity contribution >= 4 is 5.96 Å². The number of ether oxygens (including phenoxy) is 2. The Morgan fingerprint density at radius 2 is 2.29 bits per heavy atom. The second-order valence-electron chi connectivity index (χ2n) is 5.52. The second kappa shape index (κ2) is 6.49. The standard InChI is InChI=1S/C15H23N3O3/c1-16-14(17-7-5-13-3-2-8-19-13)18-12-4-6-15(11-12)20-9-10-21-15/h2-3,8,12H,4-7,9-11H2,1H3,(H2,16,17,18). The van der Waals surface area contributed by atoms with Gasteiger partial charge in [-0.3, -0.25) is 4.99 Å². The molecule has 1 aromatic rings. The first-order valence-electron chi connectivity index (χ1n) is 7.57. The van der Waals surface area contributed by atoms with E-state index in [0.717, 1.165) is 43.9 Å². The number of guanidine groups is 1. The van der Waals surface area contributed by atoms with Crippen molar-refractivity contribution in [3.05, 3.63) is 24.2 Å². The highest BCUT2D eigenvalue weighted by Crippen LogP contribution is 2.37. The van der Waals surface area contributed by atoms with Crippen LogP contribution in [0.15, 0.2) is 27.8 Å². The van der Waals surface area contributed by atoms with Gasteiger partial charge in [0.2, 0.25) is 0 Å². The minimum absolute atomic E-state index is 0.343. The predicted octanol–water partition coefficient (Wildman–Crippen LogP) is 1.28. The number of hydrogen-bond acceptors (Lipinski definition) is 4. The summed E-state index contributed by atoms with van der Waals surface area (Å²) in [6, 6.07) is 4.23. The van der Waals surface area contributed by atoms with Crippen LogP contribution in [0.3, 0.4) is 0 Å². The van der Waals surface area contributed by atoms with Crippen LogP contribution in [0.4, 0.5) is 0 Å². The largest absolute Gasteiger partial charge is 0.469 e. The molecular formula is C15H23N3O3. The van der Waals surface area contributed by atoms with Crippen LogP contribution in [0.5, 0.6) is 0 Å². The van der Waals surface area contributed by atoms with E-state index in [9.17, 15) is 0 Å². The zero-order chi connectivity index (χ0) is 14.5. The fraction of sp³-hybridized carbons (Fsp3) is 0.667. The molecule has 6 nitrogen and oxygen atoms in total. The van der Waals surface area contributed by atoms with E-state index in [4.69, 9.17) is 13.9 Å². The highest BCUT2D eigenvalue weighted by molar-refractivity contribution is 5.80. The van der Waals surface area contributed by atoms with E-state index in [1.807, 2.05) is 12.1 Å². The van der Waals surface area contributed by atoms with Crippen molar-refractivity contribution in [1.82, 2.24) is 10.6 Å². The molecule has 21 heavy (non-hydrogen) atoms. The van der Waals surface area contributed by atoms with Crippen LogP contribution in [0.1, 0.15) is 25.0 Å². The molecule has 116 valence electrons. The van der Waals surface area contributed by atoms with Crippen molar-refractivity contribution in [1.29, 1.82) is 0 Å². The summed E-state index contributed by atoms with van der Waals surface area (Å²) in [5.41, 5.74) is 0. The first kappa shape index (κ1) is 14.4. The molecule has 2 N–H and O–H groups in total. The molecule has 2 heterocycles. The topological polar surface area (TPSA) is 68.0 Å². The monoisotopic (exact) mass is 293 g/mol. The second-order valence-corrected chi connectivity index (χ2v) is 5.52. The molecular weight excluding hydrogens is 270 g/mol. The van der Waals surface area contributed by atoms with Gasteiger partial charge in [0, 0.05) is 38.9 Å². The van der Waals surface area contributed by atoms with Gasteiger partial charge in [-0.05, 0) is 18.6 Å². The van der Waals surface area contributed by atoms with Gasteiger partial charge in [0.15, 0.2) is 11.7 Å². The highest BCUT2D eigenvalue weighted by Gasteiger charge is 2.44. The SMILES string of the molecule is CN=C(NCCc1ccco1)NC1CCC2(C1)OCCO2. The average Bonchev–Trinajstić information content (AvgIpc) is 3.23. The van der Waals surface area contributed by atoms with Crippen LogP contribution in [-0.2, 0) is 15.9 Å². The van der Waals surface area contributed by atoms with Crippen LogP contribution in [0.2, 0.25) is 0 Å². The van der Waals surface area contributed by atoms with E-state index < -0.39 is 0 Å². The van der Waals surface area contributed by atoms with Crippen LogP contribution in [-0.4, -0.2) is 44.6 Å². The van der Waals surface area contributed by atoms with Crippen molar-refractivity contribution < 1.29 is 13.9 Å². The molecule has 1 aromatic heterocycles. The van der Waals surface area contributed by atoms with E-state index in [-0.39, 0.29) is 5.79 Å². The van der Waals surface area contributed by atoms with E-state index in [0.29, 0.717) is 19.3 Å². The van der Waals surface area contributed by atoms with Crippen molar-refractivity contribution in [2.24, 2.45) is 4.99 Å². The first-order chi connectivity index (χ1) is 10.3. The molecule has 2 fully saturated rings. The fourth-order valence-electron chi connectivity index (χ4n) is 3.00. The molecule has 1 aliphatic heterocycles. The van der Waals surface area contributed by atoms with E-state index >= 15 is 0 Å². The molecule has 1 saturated carbocycles. The molecule has 2 aliphatic rings. The molecule has 1 unspecified atom stereocenters. The molecule has 3 rings (SSSR count). The lowest BCUT2D eigenvalue weighted by Gasteiger charge is -2.22. The van der Waals surface area contributed by atoms with Gasteiger partial charge in [0.25, 0.3) is 0 Å². The number of rotatable bonds is 4. The van der Waals surface area contributed by atoms with Crippen molar-refractivity contribution in [2.75, 3.05) is 26.8 Å². The summed E-state index contributed by atoms with van der Waals surface area (Å²) >= 11 is 0. The summed E-state index contributed by atoms with van der Waals surface area (Å²) in [6.45, 7) is 2.21. The van der Waals surface area contributed by atoms with Crippen LogP contribution in [0, 0.1) is 0 Å². The fourth-order valence-corrected chi connectivity index (χ4v) is 3.00. The van der Waals surface area contributed by atoms with Gasteiger partial charge in [0.1, 0.15) is 5.76 Å². The first-order valence-corrected chi connectivity index (χ1v) is 7.57. The highest BCUT2D eigenvalue weighted by atomic mass is 16.7. The molecule has 0 amide bonds. The third kappa shape index (κ3) is 3.57. The van der Waals surface area contributed by atoms with Crippen LogP contribution >= 0.6 is 0 Å². The van der Waals surface area contributed by atoms with Crippen molar-refractivity contribution in [3.63, 3.8) is 0 Å². The van der Waals surface area contributed by atoms with Gasteiger partial charge in [-0.25, -0.2) is 0 Å². The van der Waals surface area contributed by atoms with Crippen molar-refractivity contribution in [2.45, 2.75) is 37.5 Å². The Kier molecular flexibility index (Phi) is 4.45. The lowest BCUT2D eigenvalue weighted by Crippen LogP contribution is -2.44. The Morgan fingerprint density at radius 3 is 3.00 bits per heavy atom. The third-order valence-electron chi connectivity index (χ3n) is 4.05. The maximum absolute atomic E-state index is 5.74. The summed E-state index contributed by atoms with van der Waals surface area (Å²) in [5.74, 6) is 1.46. The normalized spacial score (nSPS) is 24.6. The Hall–Kier alpha value is -1.53. The number of nitrogens with one attached hydrogen (secondary N) is 2. The zero-order valence-corrected chi connectivity index (χ0v) is 12.4. The summed E-state index contributed by atoms with van der Waals surface area (Å²) in [6.07, 6.45) is 5.41. The molecule has 0 aromatic carbocycles. The number of aliphatic imine (C=N–C) groups is 1. The Morgan fingerprint density at radius 1 is 1.43 bits per heavy atom. The van der Waals surface area contributed by atoms with Gasteiger partial charge in [-0.15, -0.1) is 0 Å². The number of furan rings is 1. The zero-order valence-electron chi connectivity index (χ0n) is 12.4. The summed E-state index contributed by atoms with van der Waals surface area (Å²) in [4.78, 5) is 4.27. The van der Waals surface area contributed by atoms with E-state index in [2.05, 4.69) is 15.6 Å². The maximum Gasteiger partial charge on any atom is 0.191 e. The molecule has 1 spiro atoms.